The molecule has 0 unspecified atom stereocenters. The number of nitrogens with two attached hydrogens (primary N) is 1. The lowest BCUT2D eigenvalue weighted by atomic mass is 10.2. The maximum atomic E-state index is 12.1. The molecule has 1 aliphatic rings. The number of hydrogen-bond acceptors (Lipinski definition) is 4. The summed E-state index contributed by atoms with van der Waals surface area (Å²) in [6.45, 7) is 3.45. The van der Waals surface area contributed by atoms with Crippen molar-refractivity contribution < 1.29 is 13.2 Å². The first kappa shape index (κ1) is 13.1. The molecule has 1 fully saturated rings. The van der Waals surface area contributed by atoms with Crippen LogP contribution in [0.4, 0.5) is 11.4 Å². The Balaban J connectivity index is 2.18. The molecule has 0 aromatic heterocycles. The monoisotopic (exact) mass is 271 g/mol. The molecule has 0 spiro atoms. The van der Waals surface area contributed by atoms with Gasteiger partial charge in [0.2, 0.25) is 0 Å². The molecule has 7 heteroatoms. The summed E-state index contributed by atoms with van der Waals surface area (Å²) in [5.41, 5.74) is 7.54. The first-order chi connectivity index (χ1) is 8.49. The van der Waals surface area contributed by atoms with Crippen LogP contribution in [0.5, 0.6) is 0 Å². The molecule has 1 aromatic carbocycles. The van der Waals surface area contributed by atoms with Crippen LogP contribution >= 0.6 is 0 Å². The van der Waals surface area contributed by atoms with Crippen LogP contribution in [0.3, 0.4) is 0 Å². The number of rotatable bonds is 3. The van der Waals surface area contributed by atoms with Crippen molar-refractivity contribution in [2.45, 2.75) is 6.92 Å². The van der Waals surface area contributed by atoms with Crippen molar-refractivity contribution in [3.8, 4) is 0 Å². The Morgan fingerprint density at radius 1 is 1.33 bits per heavy atom. The fourth-order valence-electron chi connectivity index (χ4n) is 1.75. The summed E-state index contributed by atoms with van der Waals surface area (Å²) in [6.07, 6.45) is 0. The van der Waals surface area contributed by atoms with Gasteiger partial charge in [0, 0.05) is 13.1 Å². The number of morpholine rings is 1. The van der Waals surface area contributed by atoms with Crippen LogP contribution in [-0.4, -0.2) is 39.0 Å². The van der Waals surface area contributed by atoms with E-state index in [0.717, 1.165) is 5.56 Å². The number of nitrogens with one attached hydrogen (secondary N) is 1. The minimum absolute atomic E-state index is 0.362. The lowest BCUT2D eigenvalue weighted by Gasteiger charge is -2.26. The van der Waals surface area contributed by atoms with Gasteiger partial charge in [0.05, 0.1) is 24.6 Å². The van der Waals surface area contributed by atoms with Gasteiger partial charge in [0.1, 0.15) is 0 Å². The van der Waals surface area contributed by atoms with E-state index in [1.54, 1.807) is 12.1 Å². The van der Waals surface area contributed by atoms with Crippen molar-refractivity contribution in [2.24, 2.45) is 0 Å². The minimum atomic E-state index is -3.55. The van der Waals surface area contributed by atoms with Gasteiger partial charge in [-0.05, 0) is 24.6 Å². The molecular formula is C11H17N3O3S. The van der Waals surface area contributed by atoms with Gasteiger partial charge in [-0.15, -0.1) is 0 Å². The van der Waals surface area contributed by atoms with Crippen LogP contribution in [0.1, 0.15) is 5.56 Å². The second-order valence-electron chi connectivity index (χ2n) is 4.21. The molecule has 1 saturated heterocycles. The molecular weight excluding hydrogens is 254 g/mol. The van der Waals surface area contributed by atoms with Gasteiger partial charge >= 0.3 is 10.2 Å². The van der Waals surface area contributed by atoms with Crippen molar-refractivity contribution >= 4 is 21.6 Å². The van der Waals surface area contributed by atoms with E-state index in [1.807, 2.05) is 13.0 Å². The quantitative estimate of drug-likeness (QED) is 0.787. The van der Waals surface area contributed by atoms with Gasteiger partial charge < -0.3 is 10.5 Å². The van der Waals surface area contributed by atoms with Crippen LogP contribution in [0.15, 0.2) is 18.2 Å². The van der Waals surface area contributed by atoms with Gasteiger partial charge in [0.25, 0.3) is 0 Å². The van der Waals surface area contributed by atoms with Crippen LogP contribution in [0.25, 0.3) is 0 Å². The number of nitrogen functional groups attached to an aromatic ring is 1. The normalized spacial score (nSPS) is 17.6. The molecule has 1 aliphatic heterocycles. The van der Waals surface area contributed by atoms with E-state index >= 15 is 0 Å². The molecule has 6 nitrogen and oxygen atoms in total. The zero-order chi connectivity index (χ0) is 13.2. The highest BCUT2D eigenvalue weighted by molar-refractivity contribution is 7.90. The van der Waals surface area contributed by atoms with E-state index in [0.29, 0.717) is 37.7 Å². The minimum Gasteiger partial charge on any atom is -0.397 e. The van der Waals surface area contributed by atoms with Crippen molar-refractivity contribution in [3.05, 3.63) is 23.8 Å². The Labute approximate surface area is 107 Å². The van der Waals surface area contributed by atoms with Crippen molar-refractivity contribution in [1.29, 1.82) is 0 Å². The van der Waals surface area contributed by atoms with Gasteiger partial charge in [0.15, 0.2) is 0 Å². The fourth-order valence-corrected chi connectivity index (χ4v) is 2.96. The third-order valence-electron chi connectivity index (χ3n) is 2.76. The maximum Gasteiger partial charge on any atom is 0.301 e. The summed E-state index contributed by atoms with van der Waals surface area (Å²) in [4.78, 5) is 0. The van der Waals surface area contributed by atoms with Crippen molar-refractivity contribution in [3.63, 3.8) is 0 Å². The van der Waals surface area contributed by atoms with E-state index in [1.165, 1.54) is 4.31 Å². The van der Waals surface area contributed by atoms with Gasteiger partial charge in [-0.3, -0.25) is 4.72 Å². The Hall–Kier alpha value is -1.31. The van der Waals surface area contributed by atoms with E-state index in [-0.39, 0.29) is 0 Å². The summed E-state index contributed by atoms with van der Waals surface area (Å²) in [6, 6.07) is 5.24. The third kappa shape index (κ3) is 2.92. The molecule has 2 rings (SSSR count). The van der Waals surface area contributed by atoms with Crippen LogP contribution < -0.4 is 10.5 Å². The molecule has 1 heterocycles. The number of ether oxygens (including phenoxy) is 1. The topological polar surface area (TPSA) is 84.7 Å². The summed E-state index contributed by atoms with van der Waals surface area (Å²) >= 11 is 0. The van der Waals surface area contributed by atoms with Gasteiger partial charge in [-0.25, -0.2) is 0 Å². The zero-order valence-electron chi connectivity index (χ0n) is 10.2. The second-order valence-corrected chi connectivity index (χ2v) is 5.88. The summed E-state index contributed by atoms with van der Waals surface area (Å²) in [5, 5.41) is 0. The number of anilines is 2. The van der Waals surface area contributed by atoms with Crippen LogP contribution in [-0.2, 0) is 14.9 Å². The van der Waals surface area contributed by atoms with Crippen molar-refractivity contribution in [2.75, 3.05) is 36.8 Å². The molecule has 3 N–H and O–H groups in total. The molecule has 1 aromatic rings. The van der Waals surface area contributed by atoms with Crippen molar-refractivity contribution in [1.82, 2.24) is 4.31 Å². The predicted molar refractivity (Wildman–Crippen MR) is 70.5 cm³/mol. The maximum absolute atomic E-state index is 12.1. The van der Waals surface area contributed by atoms with Crippen LogP contribution in [0.2, 0.25) is 0 Å². The summed E-state index contributed by atoms with van der Waals surface area (Å²) < 4.78 is 33.2. The molecule has 0 atom stereocenters. The first-order valence-electron chi connectivity index (χ1n) is 5.71. The highest BCUT2D eigenvalue weighted by Crippen LogP contribution is 2.22. The van der Waals surface area contributed by atoms with E-state index < -0.39 is 10.2 Å². The fraction of sp³-hybridized carbons (Fsp3) is 0.455. The largest absolute Gasteiger partial charge is 0.397 e. The van der Waals surface area contributed by atoms with E-state index in [2.05, 4.69) is 4.72 Å². The third-order valence-corrected chi connectivity index (χ3v) is 4.28. The number of nitrogens with zero attached hydrogens (tertiary/aromatic N) is 1. The highest BCUT2D eigenvalue weighted by Gasteiger charge is 2.24. The molecule has 18 heavy (non-hydrogen) atoms. The Morgan fingerprint density at radius 3 is 2.67 bits per heavy atom. The lowest BCUT2D eigenvalue weighted by molar-refractivity contribution is 0.0733. The molecule has 0 saturated carbocycles. The molecule has 0 radical (unpaired) electrons. The molecule has 0 amide bonds. The second kappa shape index (κ2) is 5.13. The predicted octanol–water partition coefficient (Wildman–Crippen LogP) is 0.566. The zero-order valence-corrected chi connectivity index (χ0v) is 11.0. The summed E-state index contributed by atoms with van der Waals surface area (Å²) in [7, 11) is -3.55. The molecule has 0 aliphatic carbocycles. The lowest BCUT2D eigenvalue weighted by Crippen LogP contribution is -2.43. The Kier molecular flexibility index (Phi) is 3.74. The number of aryl methyl sites for hydroxylation is 1. The number of benzene rings is 1. The summed E-state index contributed by atoms with van der Waals surface area (Å²) in [5.74, 6) is 0. The standard InChI is InChI=1S/C11H17N3O3S/c1-9-2-3-10(12)11(8-9)13-18(15,16)14-4-6-17-7-5-14/h2-3,8,13H,4-7,12H2,1H3. The van der Waals surface area contributed by atoms with Gasteiger partial charge in [-0.2, -0.15) is 12.7 Å². The average Bonchev–Trinajstić information content (AvgIpc) is 2.35. The molecule has 100 valence electrons. The van der Waals surface area contributed by atoms with Crippen LogP contribution in [0, 0.1) is 6.92 Å². The van der Waals surface area contributed by atoms with E-state index in [9.17, 15) is 8.42 Å². The SMILES string of the molecule is Cc1ccc(N)c(NS(=O)(=O)N2CCOCC2)c1. The van der Waals surface area contributed by atoms with E-state index in [4.69, 9.17) is 10.5 Å². The molecule has 0 bridgehead atoms. The first-order valence-corrected chi connectivity index (χ1v) is 7.15. The Morgan fingerprint density at radius 2 is 2.00 bits per heavy atom. The number of hydrogen-bond donors (Lipinski definition) is 2. The Bertz CT molecular complexity index is 524. The van der Waals surface area contributed by atoms with Gasteiger partial charge in [-0.1, -0.05) is 6.07 Å². The average molecular weight is 271 g/mol. The highest BCUT2D eigenvalue weighted by atomic mass is 32.2. The smallest absolute Gasteiger partial charge is 0.301 e.